The van der Waals surface area contributed by atoms with Gasteiger partial charge in [-0.05, 0) is 37.9 Å². The molecular weight excluding hydrogens is 370 g/mol. The number of thiophene rings is 1. The highest BCUT2D eigenvalue weighted by Gasteiger charge is 2.23. The van der Waals surface area contributed by atoms with Gasteiger partial charge in [-0.3, -0.25) is 0 Å². The molecule has 0 aliphatic heterocycles. The lowest BCUT2D eigenvalue weighted by Crippen LogP contribution is -2.28. The van der Waals surface area contributed by atoms with Gasteiger partial charge in [-0.25, -0.2) is 8.42 Å². The topological polar surface area (TPSA) is 46.6 Å². The SMILES string of the molecule is COCN(C)S(=O)(=O)c1cc(Br)c(Br)s1. The molecule has 0 saturated carbocycles. The van der Waals surface area contributed by atoms with E-state index < -0.39 is 10.0 Å². The molecule has 0 saturated heterocycles. The third kappa shape index (κ3) is 3.01. The summed E-state index contributed by atoms with van der Waals surface area (Å²) in [6, 6.07) is 1.57. The summed E-state index contributed by atoms with van der Waals surface area (Å²) in [4.78, 5) is 0. The molecule has 0 aliphatic carbocycles. The van der Waals surface area contributed by atoms with E-state index in [2.05, 4.69) is 31.9 Å². The molecule has 0 unspecified atom stereocenters. The van der Waals surface area contributed by atoms with Crippen molar-refractivity contribution < 1.29 is 13.2 Å². The first-order chi connectivity index (χ1) is 6.89. The van der Waals surface area contributed by atoms with Gasteiger partial charge >= 0.3 is 0 Å². The van der Waals surface area contributed by atoms with Crippen LogP contribution >= 0.6 is 43.2 Å². The van der Waals surface area contributed by atoms with E-state index in [0.717, 1.165) is 23.9 Å². The Kier molecular flexibility index (Phi) is 4.75. The third-order valence-electron chi connectivity index (χ3n) is 1.60. The molecule has 1 aromatic rings. The summed E-state index contributed by atoms with van der Waals surface area (Å²) in [6.45, 7) is 0.0372. The Hall–Kier alpha value is 0.530. The quantitative estimate of drug-likeness (QED) is 0.756. The third-order valence-corrected chi connectivity index (χ3v) is 7.08. The Balaban J connectivity index is 3.06. The number of hydrogen-bond donors (Lipinski definition) is 0. The minimum atomic E-state index is -3.44. The molecule has 0 aromatic carbocycles. The van der Waals surface area contributed by atoms with Crippen LogP contribution in [0.1, 0.15) is 0 Å². The highest BCUT2D eigenvalue weighted by atomic mass is 79.9. The molecule has 0 aliphatic rings. The predicted molar refractivity (Wildman–Crippen MR) is 66.5 cm³/mol. The van der Waals surface area contributed by atoms with Crippen molar-refractivity contribution >= 4 is 53.2 Å². The van der Waals surface area contributed by atoms with E-state index in [1.54, 1.807) is 6.07 Å². The van der Waals surface area contributed by atoms with Gasteiger partial charge in [0, 0.05) is 18.6 Å². The van der Waals surface area contributed by atoms with Gasteiger partial charge in [-0.15, -0.1) is 11.3 Å². The summed E-state index contributed by atoms with van der Waals surface area (Å²) in [6.07, 6.45) is 0. The molecule has 8 heteroatoms. The molecule has 0 spiro atoms. The summed E-state index contributed by atoms with van der Waals surface area (Å²) >= 11 is 7.66. The summed E-state index contributed by atoms with van der Waals surface area (Å²) in [5, 5.41) is 0. The molecule has 4 nitrogen and oxygen atoms in total. The molecule has 86 valence electrons. The highest BCUT2D eigenvalue weighted by Crippen LogP contribution is 2.35. The van der Waals surface area contributed by atoms with Crippen LogP contribution in [0.5, 0.6) is 0 Å². The molecule has 15 heavy (non-hydrogen) atoms. The molecule has 0 fully saturated rings. The molecule has 0 atom stereocenters. The fourth-order valence-electron chi connectivity index (χ4n) is 0.859. The zero-order valence-corrected chi connectivity index (χ0v) is 12.8. The molecule has 0 radical (unpaired) electrons. The number of halogens is 2. The normalized spacial score (nSPS) is 12.3. The minimum absolute atomic E-state index is 0.0372. The van der Waals surface area contributed by atoms with Gasteiger partial charge in [0.1, 0.15) is 10.9 Å². The molecule has 0 bridgehead atoms. The van der Waals surface area contributed by atoms with E-state index in [-0.39, 0.29) is 10.9 Å². The smallest absolute Gasteiger partial charge is 0.254 e. The van der Waals surface area contributed by atoms with Gasteiger partial charge < -0.3 is 4.74 Å². The number of rotatable bonds is 4. The van der Waals surface area contributed by atoms with Crippen molar-refractivity contribution in [2.24, 2.45) is 0 Å². The van der Waals surface area contributed by atoms with Crippen LogP contribution in [-0.4, -0.2) is 33.6 Å². The number of methoxy groups -OCH3 is 1. The van der Waals surface area contributed by atoms with Crippen LogP contribution < -0.4 is 0 Å². The second-order valence-corrected chi connectivity index (χ2v) is 8.20. The summed E-state index contributed by atoms with van der Waals surface area (Å²) in [5.74, 6) is 0. The zero-order chi connectivity index (χ0) is 11.6. The maximum Gasteiger partial charge on any atom is 0.254 e. The molecule has 1 rings (SSSR count). The Morgan fingerprint density at radius 3 is 2.53 bits per heavy atom. The van der Waals surface area contributed by atoms with Gasteiger partial charge in [-0.2, -0.15) is 4.31 Å². The Morgan fingerprint density at radius 2 is 2.13 bits per heavy atom. The average molecular weight is 379 g/mol. The number of sulfonamides is 1. The monoisotopic (exact) mass is 377 g/mol. The fraction of sp³-hybridized carbons (Fsp3) is 0.429. The van der Waals surface area contributed by atoms with Gasteiger partial charge in [0.2, 0.25) is 0 Å². The Bertz CT molecular complexity index is 424. The maximum atomic E-state index is 11.9. The summed E-state index contributed by atoms with van der Waals surface area (Å²) in [5.41, 5.74) is 0. The van der Waals surface area contributed by atoms with Crippen LogP contribution in [0.4, 0.5) is 0 Å². The summed E-state index contributed by atoms with van der Waals surface area (Å²) < 4.78 is 31.5. The number of ether oxygens (including phenoxy) is 1. The van der Waals surface area contributed by atoms with Crippen molar-refractivity contribution in [3.05, 3.63) is 14.3 Å². The fourth-order valence-corrected chi connectivity index (χ4v) is 4.97. The van der Waals surface area contributed by atoms with Crippen LogP contribution in [0.25, 0.3) is 0 Å². The molecule has 0 N–H and O–H groups in total. The Labute approximate surface area is 110 Å². The van der Waals surface area contributed by atoms with E-state index >= 15 is 0 Å². The molecule has 1 heterocycles. The maximum absolute atomic E-state index is 11.9. The lowest BCUT2D eigenvalue weighted by atomic mass is 10.7. The van der Waals surface area contributed by atoms with E-state index in [0.29, 0.717) is 0 Å². The van der Waals surface area contributed by atoms with E-state index in [4.69, 9.17) is 4.74 Å². The first-order valence-electron chi connectivity index (χ1n) is 3.79. The lowest BCUT2D eigenvalue weighted by Gasteiger charge is -2.13. The van der Waals surface area contributed by atoms with Gasteiger partial charge in [0.15, 0.2) is 0 Å². The molecular formula is C7H9Br2NO3S2. The second kappa shape index (κ2) is 5.24. The van der Waals surface area contributed by atoms with Crippen molar-refractivity contribution in [3.63, 3.8) is 0 Å². The standard InChI is InChI=1S/C7H9Br2NO3S2/c1-10(4-13-2)15(11,12)6-3-5(8)7(9)14-6/h3H,4H2,1-2H3. The van der Waals surface area contributed by atoms with Crippen molar-refractivity contribution in [2.45, 2.75) is 4.21 Å². The highest BCUT2D eigenvalue weighted by molar-refractivity contribution is 9.13. The van der Waals surface area contributed by atoms with Crippen molar-refractivity contribution in [2.75, 3.05) is 20.9 Å². The van der Waals surface area contributed by atoms with E-state index in [1.807, 2.05) is 0 Å². The molecule has 0 amide bonds. The first kappa shape index (κ1) is 13.6. The van der Waals surface area contributed by atoms with Crippen LogP contribution in [0.3, 0.4) is 0 Å². The van der Waals surface area contributed by atoms with Crippen LogP contribution in [0.2, 0.25) is 0 Å². The molecule has 1 aromatic heterocycles. The van der Waals surface area contributed by atoms with Crippen LogP contribution in [0.15, 0.2) is 18.5 Å². The lowest BCUT2D eigenvalue weighted by molar-refractivity contribution is 0.131. The first-order valence-corrected chi connectivity index (χ1v) is 7.64. The van der Waals surface area contributed by atoms with Crippen molar-refractivity contribution in [1.29, 1.82) is 0 Å². The van der Waals surface area contributed by atoms with E-state index in [1.165, 1.54) is 14.2 Å². The van der Waals surface area contributed by atoms with Gasteiger partial charge in [0.05, 0.1) is 3.79 Å². The van der Waals surface area contributed by atoms with Crippen LogP contribution in [0, 0.1) is 0 Å². The average Bonchev–Trinajstić information content (AvgIpc) is 2.48. The largest absolute Gasteiger partial charge is 0.368 e. The predicted octanol–water partition coefficient (Wildman–Crippen LogP) is 2.50. The Morgan fingerprint density at radius 1 is 1.53 bits per heavy atom. The second-order valence-electron chi connectivity index (χ2n) is 2.71. The van der Waals surface area contributed by atoms with Crippen molar-refractivity contribution in [3.8, 4) is 0 Å². The zero-order valence-electron chi connectivity index (χ0n) is 8.03. The van der Waals surface area contributed by atoms with E-state index in [9.17, 15) is 8.42 Å². The van der Waals surface area contributed by atoms with Crippen molar-refractivity contribution in [1.82, 2.24) is 4.31 Å². The minimum Gasteiger partial charge on any atom is -0.368 e. The van der Waals surface area contributed by atoms with Gasteiger partial charge in [0.25, 0.3) is 10.0 Å². The summed E-state index contributed by atoms with van der Waals surface area (Å²) in [7, 11) is -0.513. The number of hydrogen-bond acceptors (Lipinski definition) is 4. The van der Waals surface area contributed by atoms with Crippen LogP contribution in [-0.2, 0) is 14.8 Å². The van der Waals surface area contributed by atoms with Gasteiger partial charge in [-0.1, -0.05) is 0 Å². The number of nitrogens with zero attached hydrogens (tertiary/aromatic N) is 1.